The molecular weight excluding hydrogens is 262 g/mol. The summed E-state index contributed by atoms with van der Waals surface area (Å²) in [4.78, 5) is 11.9. The van der Waals surface area contributed by atoms with Gasteiger partial charge < -0.3 is 5.32 Å². The van der Waals surface area contributed by atoms with Crippen molar-refractivity contribution in [1.82, 2.24) is 5.32 Å². The zero-order valence-corrected chi connectivity index (χ0v) is 12.1. The predicted molar refractivity (Wildman–Crippen MR) is 74.8 cm³/mol. The minimum Gasteiger partial charge on any atom is -0.352 e. The van der Waals surface area contributed by atoms with Crippen LogP contribution in [0.2, 0.25) is 0 Å². The first-order chi connectivity index (χ1) is 8.85. The van der Waals surface area contributed by atoms with Gasteiger partial charge >= 0.3 is 0 Å². The lowest BCUT2D eigenvalue weighted by molar-refractivity contribution is -0.121. The highest BCUT2D eigenvalue weighted by Gasteiger charge is 2.28. The minimum atomic E-state index is -2.94. The van der Waals surface area contributed by atoms with Gasteiger partial charge in [0.1, 0.15) is 0 Å². The summed E-state index contributed by atoms with van der Waals surface area (Å²) in [5.41, 5.74) is 3.20. The topological polar surface area (TPSA) is 63.2 Å². The van der Waals surface area contributed by atoms with Crippen LogP contribution in [-0.4, -0.2) is 31.9 Å². The van der Waals surface area contributed by atoms with Gasteiger partial charge in [0.15, 0.2) is 9.84 Å². The van der Waals surface area contributed by atoms with E-state index in [1.165, 1.54) is 0 Å². The third-order valence-corrected chi connectivity index (χ3v) is 5.22. The molecule has 1 fully saturated rings. The molecule has 0 saturated carbocycles. The molecule has 19 heavy (non-hydrogen) atoms. The summed E-state index contributed by atoms with van der Waals surface area (Å²) in [6.07, 6.45) is 0.838. The maximum absolute atomic E-state index is 11.9. The number of aryl methyl sites for hydroxylation is 2. The Morgan fingerprint density at radius 2 is 2.11 bits per heavy atom. The Balaban J connectivity index is 1.97. The SMILES string of the molecule is Cc1ccc(C)c(CC(=O)NC2CCS(=O)(=O)C2)c1. The fourth-order valence-corrected chi connectivity index (χ4v) is 4.02. The van der Waals surface area contributed by atoms with Crippen LogP contribution in [0.3, 0.4) is 0 Å². The minimum absolute atomic E-state index is 0.0749. The number of hydrogen-bond acceptors (Lipinski definition) is 3. The lowest BCUT2D eigenvalue weighted by atomic mass is 10.0. The molecule has 0 spiro atoms. The van der Waals surface area contributed by atoms with Crippen LogP contribution in [0.15, 0.2) is 18.2 Å². The Morgan fingerprint density at radius 1 is 1.37 bits per heavy atom. The van der Waals surface area contributed by atoms with E-state index in [-0.39, 0.29) is 23.5 Å². The summed E-state index contributed by atoms with van der Waals surface area (Å²) in [6, 6.07) is 5.79. The van der Waals surface area contributed by atoms with E-state index < -0.39 is 9.84 Å². The van der Waals surface area contributed by atoms with Gasteiger partial charge in [0.05, 0.1) is 17.9 Å². The van der Waals surface area contributed by atoms with Crippen molar-refractivity contribution in [3.05, 3.63) is 34.9 Å². The zero-order valence-electron chi connectivity index (χ0n) is 11.3. The molecule has 5 heteroatoms. The molecular formula is C14H19NO3S. The Morgan fingerprint density at radius 3 is 2.74 bits per heavy atom. The first-order valence-electron chi connectivity index (χ1n) is 6.42. The third-order valence-electron chi connectivity index (χ3n) is 3.45. The lowest BCUT2D eigenvalue weighted by Gasteiger charge is -2.12. The first-order valence-corrected chi connectivity index (χ1v) is 8.24. The van der Waals surface area contributed by atoms with E-state index in [0.29, 0.717) is 12.8 Å². The van der Waals surface area contributed by atoms with Crippen LogP contribution in [-0.2, 0) is 21.1 Å². The summed E-state index contributed by atoms with van der Waals surface area (Å²) < 4.78 is 22.7. The highest BCUT2D eigenvalue weighted by atomic mass is 32.2. The monoisotopic (exact) mass is 281 g/mol. The van der Waals surface area contributed by atoms with Crippen LogP contribution < -0.4 is 5.32 Å². The van der Waals surface area contributed by atoms with Crippen LogP contribution in [0.4, 0.5) is 0 Å². The standard InChI is InChI=1S/C14H19NO3S/c1-10-3-4-11(2)12(7-10)8-14(16)15-13-5-6-19(17,18)9-13/h3-4,7,13H,5-6,8-9H2,1-2H3,(H,15,16). The van der Waals surface area contributed by atoms with Crippen molar-refractivity contribution in [3.63, 3.8) is 0 Å². The Hall–Kier alpha value is -1.36. The van der Waals surface area contributed by atoms with Crippen LogP contribution in [0.5, 0.6) is 0 Å². The van der Waals surface area contributed by atoms with Crippen molar-refractivity contribution in [3.8, 4) is 0 Å². The fourth-order valence-electron chi connectivity index (χ4n) is 2.35. The number of amides is 1. The zero-order chi connectivity index (χ0) is 14.0. The van der Waals surface area contributed by atoms with E-state index in [4.69, 9.17) is 0 Å². The number of hydrogen-bond donors (Lipinski definition) is 1. The van der Waals surface area contributed by atoms with E-state index >= 15 is 0 Å². The van der Waals surface area contributed by atoms with Gasteiger partial charge in [0.25, 0.3) is 0 Å². The van der Waals surface area contributed by atoms with Crippen molar-refractivity contribution < 1.29 is 13.2 Å². The lowest BCUT2D eigenvalue weighted by Crippen LogP contribution is -2.36. The van der Waals surface area contributed by atoms with Crippen molar-refractivity contribution in [1.29, 1.82) is 0 Å². The molecule has 2 rings (SSSR count). The van der Waals surface area contributed by atoms with Gasteiger partial charge in [-0.1, -0.05) is 23.8 Å². The smallest absolute Gasteiger partial charge is 0.224 e. The molecule has 1 aliphatic rings. The molecule has 104 valence electrons. The second-order valence-electron chi connectivity index (χ2n) is 5.27. The van der Waals surface area contributed by atoms with Gasteiger partial charge in [0, 0.05) is 6.04 Å². The largest absolute Gasteiger partial charge is 0.352 e. The summed E-state index contributed by atoms with van der Waals surface area (Å²) >= 11 is 0. The number of rotatable bonds is 3. The van der Waals surface area contributed by atoms with Gasteiger partial charge in [-0.25, -0.2) is 8.42 Å². The summed E-state index contributed by atoms with van der Waals surface area (Å²) in [5.74, 6) is 0.156. The average Bonchev–Trinajstić information content (AvgIpc) is 2.63. The Labute approximate surface area is 114 Å². The van der Waals surface area contributed by atoms with E-state index in [0.717, 1.165) is 16.7 Å². The number of benzene rings is 1. The van der Waals surface area contributed by atoms with Crippen molar-refractivity contribution in [2.45, 2.75) is 32.7 Å². The van der Waals surface area contributed by atoms with Gasteiger partial charge in [0.2, 0.25) is 5.91 Å². The molecule has 1 aromatic rings. The number of carbonyl (C=O) groups is 1. The molecule has 1 heterocycles. The molecule has 1 N–H and O–H groups in total. The van der Waals surface area contributed by atoms with Crippen molar-refractivity contribution >= 4 is 15.7 Å². The van der Waals surface area contributed by atoms with E-state index in [9.17, 15) is 13.2 Å². The molecule has 0 radical (unpaired) electrons. The quantitative estimate of drug-likeness (QED) is 0.904. The first kappa shape index (κ1) is 14.1. The maximum atomic E-state index is 11.9. The Bertz CT molecular complexity index is 593. The molecule has 1 unspecified atom stereocenters. The molecule has 1 saturated heterocycles. The fraction of sp³-hybridized carbons (Fsp3) is 0.500. The van der Waals surface area contributed by atoms with Gasteiger partial charge in [-0.15, -0.1) is 0 Å². The second kappa shape index (κ2) is 5.33. The predicted octanol–water partition coefficient (Wildman–Crippen LogP) is 1.15. The molecule has 0 aliphatic carbocycles. The van der Waals surface area contributed by atoms with Gasteiger partial charge in [-0.05, 0) is 31.4 Å². The summed E-state index contributed by atoms with van der Waals surface area (Å²) in [5, 5.41) is 2.81. The summed E-state index contributed by atoms with van der Waals surface area (Å²) in [7, 11) is -2.94. The number of nitrogens with one attached hydrogen (secondary N) is 1. The highest BCUT2D eigenvalue weighted by molar-refractivity contribution is 7.91. The Kier molecular flexibility index (Phi) is 3.94. The molecule has 1 aromatic carbocycles. The molecule has 1 atom stereocenters. The van der Waals surface area contributed by atoms with Crippen LogP contribution in [0, 0.1) is 13.8 Å². The van der Waals surface area contributed by atoms with Crippen LogP contribution in [0.1, 0.15) is 23.1 Å². The highest BCUT2D eigenvalue weighted by Crippen LogP contribution is 2.14. The molecule has 4 nitrogen and oxygen atoms in total. The van der Waals surface area contributed by atoms with Gasteiger partial charge in [-0.3, -0.25) is 4.79 Å². The van der Waals surface area contributed by atoms with Crippen LogP contribution >= 0.6 is 0 Å². The van der Waals surface area contributed by atoms with Crippen molar-refractivity contribution in [2.24, 2.45) is 0 Å². The summed E-state index contributed by atoms with van der Waals surface area (Å²) in [6.45, 7) is 3.96. The van der Waals surface area contributed by atoms with Crippen LogP contribution in [0.25, 0.3) is 0 Å². The number of sulfone groups is 1. The normalized spacial score (nSPS) is 21.3. The molecule has 0 bridgehead atoms. The average molecular weight is 281 g/mol. The van der Waals surface area contributed by atoms with Gasteiger partial charge in [-0.2, -0.15) is 0 Å². The van der Waals surface area contributed by atoms with E-state index in [2.05, 4.69) is 5.32 Å². The number of carbonyl (C=O) groups excluding carboxylic acids is 1. The molecule has 0 aromatic heterocycles. The van der Waals surface area contributed by atoms with Crippen molar-refractivity contribution in [2.75, 3.05) is 11.5 Å². The molecule has 1 aliphatic heterocycles. The third kappa shape index (κ3) is 3.80. The van der Waals surface area contributed by atoms with E-state index in [1.54, 1.807) is 0 Å². The maximum Gasteiger partial charge on any atom is 0.224 e. The molecule has 1 amide bonds. The second-order valence-corrected chi connectivity index (χ2v) is 7.50. The van der Waals surface area contributed by atoms with E-state index in [1.807, 2.05) is 32.0 Å².